The van der Waals surface area contributed by atoms with Gasteiger partial charge in [-0.05, 0) is 0 Å². The summed E-state index contributed by atoms with van der Waals surface area (Å²) in [4.78, 5) is 0. The minimum Gasteiger partial charge on any atom is -0.373 e. The van der Waals surface area contributed by atoms with Gasteiger partial charge >= 0.3 is 70.4 Å². The van der Waals surface area contributed by atoms with Crippen LogP contribution in [0.3, 0.4) is 0 Å². The zero-order chi connectivity index (χ0) is 34.1. The largest absolute Gasteiger partial charge is 0.481 e. The molecule has 0 spiro atoms. The van der Waals surface area contributed by atoms with Crippen LogP contribution in [0.2, 0.25) is 48.4 Å². The second-order valence-electron chi connectivity index (χ2n) is 16.0. The fourth-order valence-electron chi connectivity index (χ4n) is 8.06. The Morgan fingerprint density at radius 3 is 0.385 bits per heavy atom. The molecule has 8 bridgehead atoms. The number of ether oxygens (including phenoxy) is 8. The van der Waals surface area contributed by atoms with Crippen LogP contribution in [-0.2, 0) is 87.3 Å². The highest BCUT2D eigenvalue weighted by Crippen LogP contribution is 2.57. The van der Waals surface area contributed by atoms with E-state index in [1.807, 2.05) is 0 Å². The molecule has 14 aliphatic rings. The Balaban J connectivity index is 1.06. The number of rotatable bonds is 16. The van der Waals surface area contributed by atoms with E-state index in [4.69, 9.17) is 87.3 Å². The summed E-state index contributed by atoms with van der Waals surface area (Å²) in [6, 6.07) is 2.34. The predicted molar refractivity (Wildman–Crippen MR) is 175 cm³/mol. The van der Waals surface area contributed by atoms with Gasteiger partial charge in [0.05, 0.1) is 102 Å². The third kappa shape index (κ3) is 6.77. The number of hydrogen-bond acceptors (Lipinski definition) is 20. The second-order valence-corrected chi connectivity index (χ2v) is 40.0. The summed E-state index contributed by atoms with van der Waals surface area (Å²) in [5.41, 5.74) is 0. The van der Waals surface area contributed by atoms with Crippen molar-refractivity contribution in [3.63, 3.8) is 0 Å². The van der Waals surface area contributed by atoms with E-state index in [0.29, 0.717) is 101 Å². The molecule has 14 heterocycles. The molecule has 20 nitrogen and oxygen atoms in total. The number of hydrogen-bond donors (Lipinski definition) is 0. The molecule has 0 saturated carbocycles. The van der Waals surface area contributed by atoms with Crippen molar-refractivity contribution in [3.8, 4) is 0 Å². The summed E-state index contributed by atoms with van der Waals surface area (Å²) in [5, 5.41) is 0. The first kappa shape index (κ1) is 33.9. The Hall–Kier alpha value is 0.935. The Morgan fingerprint density at radius 1 is 0.212 bits per heavy atom. The van der Waals surface area contributed by atoms with Crippen molar-refractivity contribution in [2.75, 3.05) is 52.9 Å². The highest BCUT2D eigenvalue weighted by atomic mass is 28.6. The van der Waals surface area contributed by atoms with Gasteiger partial charge in [0.25, 0.3) is 0 Å². The zero-order valence-electron chi connectivity index (χ0n) is 28.1. The first-order chi connectivity index (χ1) is 25.1. The van der Waals surface area contributed by atoms with Gasteiger partial charge in [0, 0.05) is 48.4 Å². The van der Waals surface area contributed by atoms with Crippen LogP contribution in [0.5, 0.6) is 0 Å². The van der Waals surface area contributed by atoms with E-state index < -0.39 is 70.4 Å². The summed E-state index contributed by atoms with van der Waals surface area (Å²) in [7, 11) is -32.4. The average molecular weight is 873 g/mol. The lowest BCUT2D eigenvalue weighted by molar-refractivity contribution is -0.0323. The van der Waals surface area contributed by atoms with Gasteiger partial charge in [-0.25, -0.2) is 0 Å². The molecule has 14 saturated heterocycles. The maximum Gasteiger partial charge on any atom is 0.481 e. The molecule has 8 atom stereocenters. The molecule has 288 valence electrons. The molecule has 8 unspecified atom stereocenters. The van der Waals surface area contributed by atoms with E-state index in [1.165, 1.54) is 0 Å². The topological polar surface area (TPSA) is 211 Å². The SMILES string of the molecule is C1OC1C[Si]12O[Si]3(CC4CO4)O[Si]4(CC5CO5)O[Si](CC5CO5)(O1)O[Si]1(CC5CO5)O[Si](CC5CO5)(O2)O[Si](CC2CO2)(O3)O[Si](CC2CO2)(O4)O1. The summed E-state index contributed by atoms with van der Waals surface area (Å²) in [5.74, 6) is 0. The van der Waals surface area contributed by atoms with Crippen molar-refractivity contribution < 1.29 is 87.3 Å². The van der Waals surface area contributed by atoms with Crippen LogP contribution in [0, 0.1) is 0 Å². The molecular weight excluding hydrogens is 833 g/mol. The smallest absolute Gasteiger partial charge is 0.373 e. The molecule has 14 rings (SSSR count). The molecule has 0 radical (unpaired) electrons. The lowest BCUT2D eigenvalue weighted by Gasteiger charge is -2.63. The van der Waals surface area contributed by atoms with Gasteiger partial charge in [0.2, 0.25) is 0 Å². The summed E-state index contributed by atoms with van der Waals surface area (Å²) in [6.45, 7) is 4.20. The molecule has 28 heteroatoms. The molecule has 52 heavy (non-hydrogen) atoms. The fraction of sp³-hybridized carbons (Fsp3) is 1.00. The number of epoxide rings is 8. The van der Waals surface area contributed by atoms with Gasteiger partial charge in [-0.3, -0.25) is 0 Å². The zero-order valence-corrected chi connectivity index (χ0v) is 36.1. The summed E-state index contributed by atoms with van der Waals surface area (Å²) in [6.07, 6.45) is -1.48. The maximum absolute atomic E-state index is 7.56. The van der Waals surface area contributed by atoms with Crippen LogP contribution in [0.15, 0.2) is 0 Å². The molecule has 14 aliphatic heterocycles. The van der Waals surface area contributed by atoms with Crippen LogP contribution in [0.1, 0.15) is 0 Å². The Labute approximate surface area is 306 Å². The molecule has 0 aromatic carbocycles. The van der Waals surface area contributed by atoms with E-state index >= 15 is 0 Å². The Kier molecular flexibility index (Phi) is 7.39. The van der Waals surface area contributed by atoms with Crippen LogP contribution in [0.4, 0.5) is 0 Å². The van der Waals surface area contributed by atoms with Gasteiger partial charge in [0.15, 0.2) is 0 Å². The monoisotopic (exact) mass is 872 g/mol. The van der Waals surface area contributed by atoms with E-state index in [-0.39, 0.29) is 48.8 Å². The van der Waals surface area contributed by atoms with Gasteiger partial charge in [-0.15, -0.1) is 0 Å². The Bertz CT molecular complexity index is 1100. The van der Waals surface area contributed by atoms with E-state index in [0.717, 1.165) is 0 Å². The van der Waals surface area contributed by atoms with Gasteiger partial charge in [-0.2, -0.15) is 0 Å². The Morgan fingerprint density at radius 2 is 0.308 bits per heavy atom. The van der Waals surface area contributed by atoms with Gasteiger partial charge < -0.3 is 87.3 Å². The predicted octanol–water partition coefficient (Wildman–Crippen LogP) is -1.04. The van der Waals surface area contributed by atoms with E-state index in [2.05, 4.69) is 0 Å². The van der Waals surface area contributed by atoms with Crippen molar-refractivity contribution in [2.45, 2.75) is 97.2 Å². The first-order valence-corrected chi connectivity index (χ1v) is 33.9. The van der Waals surface area contributed by atoms with E-state index in [1.54, 1.807) is 0 Å². The average Bonchev–Trinajstić information content (AvgIpc) is 3.79. The second kappa shape index (κ2) is 11.4. The van der Waals surface area contributed by atoms with Crippen molar-refractivity contribution in [2.24, 2.45) is 0 Å². The third-order valence-electron chi connectivity index (χ3n) is 10.8. The van der Waals surface area contributed by atoms with Gasteiger partial charge in [-0.1, -0.05) is 0 Å². The highest BCUT2D eigenvalue weighted by Gasteiger charge is 2.85. The summed E-state index contributed by atoms with van der Waals surface area (Å²) < 4.78 is 138. The molecule has 0 amide bonds. The quantitative estimate of drug-likeness (QED) is 0.134. The summed E-state index contributed by atoms with van der Waals surface area (Å²) >= 11 is 0. The molecule has 0 N–H and O–H groups in total. The van der Waals surface area contributed by atoms with E-state index in [9.17, 15) is 0 Å². The standard InChI is InChI=1S/C24H40O20Si8/c1-17(25-1)9-45-33-46(10-18-2-26-18)36-49(13-21-5-29-21)38-47(34-45,11-19-3-27-19)40-51(15-23-7-31-23)41-48(35-45,12-20-4-28-20)39-50(37-46,14-22-6-30-22)43-52(42-49,44-51)16-24-8-32-24/h17-24H,1-16H2. The van der Waals surface area contributed by atoms with Crippen LogP contribution in [-0.4, -0.2) is 172 Å². The van der Waals surface area contributed by atoms with Crippen molar-refractivity contribution >= 4 is 70.4 Å². The van der Waals surface area contributed by atoms with Crippen LogP contribution in [0.25, 0.3) is 0 Å². The molecule has 14 fully saturated rings. The molecule has 0 aromatic rings. The highest BCUT2D eigenvalue weighted by molar-refractivity contribution is 7.03. The van der Waals surface area contributed by atoms with Crippen molar-refractivity contribution in [3.05, 3.63) is 0 Å². The first-order valence-electron chi connectivity index (χ1n) is 18.5. The van der Waals surface area contributed by atoms with Crippen LogP contribution < -0.4 is 0 Å². The normalized spacial score (nSPS) is 60.9. The third-order valence-corrected chi connectivity index (χ3v) is 48.3. The van der Waals surface area contributed by atoms with Crippen molar-refractivity contribution in [1.29, 1.82) is 0 Å². The van der Waals surface area contributed by atoms with Crippen LogP contribution >= 0.6 is 0 Å². The minimum absolute atomic E-state index is 0.185. The van der Waals surface area contributed by atoms with Crippen molar-refractivity contribution in [1.82, 2.24) is 0 Å². The lowest BCUT2D eigenvalue weighted by atomic mass is 10.6. The molecule has 0 aliphatic carbocycles. The lowest BCUT2D eigenvalue weighted by Crippen LogP contribution is -2.89. The minimum atomic E-state index is -4.05. The molecule has 0 aromatic heterocycles. The van der Waals surface area contributed by atoms with Gasteiger partial charge in [0.1, 0.15) is 0 Å². The molecular formula is C24H40O20Si8. The fourth-order valence-corrected chi connectivity index (χ4v) is 58.2. The maximum atomic E-state index is 7.56.